The van der Waals surface area contributed by atoms with Gasteiger partial charge in [-0.2, -0.15) is 0 Å². The minimum absolute atomic E-state index is 0.245. The Balaban J connectivity index is 0.995. The monoisotopic (exact) mass is 762 g/mol. The van der Waals surface area contributed by atoms with Gasteiger partial charge in [0.1, 0.15) is 5.82 Å². The van der Waals surface area contributed by atoms with Gasteiger partial charge in [0, 0.05) is 53.7 Å². The molecule has 0 saturated heterocycles. The SMILES string of the molecule is Fc1ccc2c3ccccc3n(-c3cccc(-c4ccc(N(c5ccc(-c6cccc7sc8ccccc8c67)cc5)c5cccc(-c6ccccc6)c5)cc4)c3)c2c1. The van der Waals surface area contributed by atoms with Crippen LogP contribution >= 0.6 is 11.3 Å². The van der Waals surface area contributed by atoms with E-state index in [-0.39, 0.29) is 5.82 Å². The van der Waals surface area contributed by atoms with E-state index in [0.29, 0.717) is 0 Å². The van der Waals surface area contributed by atoms with E-state index < -0.39 is 0 Å². The number of halogens is 1. The van der Waals surface area contributed by atoms with E-state index in [2.05, 4.69) is 191 Å². The Kier molecular flexibility index (Phi) is 8.23. The van der Waals surface area contributed by atoms with Crippen molar-refractivity contribution in [2.45, 2.75) is 0 Å². The Hall–Kier alpha value is -7.27. The van der Waals surface area contributed by atoms with Crippen LogP contribution in [0.3, 0.4) is 0 Å². The van der Waals surface area contributed by atoms with Crippen LogP contribution in [0.1, 0.15) is 0 Å². The molecule has 0 bridgehead atoms. The van der Waals surface area contributed by atoms with E-state index in [4.69, 9.17) is 0 Å². The number of hydrogen-bond donors (Lipinski definition) is 0. The summed E-state index contributed by atoms with van der Waals surface area (Å²) in [6.45, 7) is 0. The first kappa shape index (κ1) is 34.0. The summed E-state index contributed by atoms with van der Waals surface area (Å²) in [5, 5.41) is 4.76. The molecule has 0 amide bonds. The van der Waals surface area contributed by atoms with E-state index >= 15 is 0 Å². The summed E-state index contributed by atoms with van der Waals surface area (Å²) in [6.07, 6.45) is 0. The van der Waals surface area contributed by atoms with Crippen molar-refractivity contribution in [1.82, 2.24) is 4.57 Å². The lowest BCUT2D eigenvalue weighted by Crippen LogP contribution is -2.10. The summed E-state index contributed by atoms with van der Waals surface area (Å²) in [5.74, 6) is -0.245. The van der Waals surface area contributed by atoms with E-state index in [1.807, 2.05) is 29.5 Å². The highest BCUT2D eigenvalue weighted by molar-refractivity contribution is 7.25. The molecule has 0 atom stereocenters. The molecule has 58 heavy (non-hydrogen) atoms. The second kappa shape index (κ2) is 14.0. The zero-order valence-corrected chi connectivity index (χ0v) is 32.2. The van der Waals surface area contributed by atoms with Gasteiger partial charge in [-0.25, -0.2) is 4.39 Å². The van der Waals surface area contributed by atoms with Gasteiger partial charge in [0.25, 0.3) is 0 Å². The van der Waals surface area contributed by atoms with Gasteiger partial charge >= 0.3 is 0 Å². The van der Waals surface area contributed by atoms with Crippen molar-refractivity contribution in [2.24, 2.45) is 0 Å². The van der Waals surface area contributed by atoms with E-state index in [9.17, 15) is 4.39 Å². The molecule has 0 N–H and O–H groups in total. The highest BCUT2D eigenvalue weighted by atomic mass is 32.1. The standard InChI is InChI=1S/C54H35FN2S/c55-41-27-32-48-47-17-4-6-20-50(47)57(51(48)35-41)45-16-9-14-40(34-45)37-23-28-42(29-24-37)56(44-15-8-13-39(33-44)36-11-2-1-3-12-36)43-30-25-38(26-31-43)46-19-10-22-53-54(46)49-18-5-7-21-52(49)58-53/h1-35H. The van der Waals surface area contributed by atoms with Gasteiger partial charge in [0.15, 0.2) is 0 Å². The Labute approximate surface area is 339 Å². The second-order valence-electron chi connectivity index (χ2n) is 14.7. The lowest BCUT2D eigenvalue weighted by molar-refractivity contribution is 0.629. The molecule has 11 aromatic rings. The zero-order chi connectivity index (χ0) is 38.6. The largest absolute Gasteiger partial charge is 0.310 e. The lowest BCUT2D eigenvalue weighted by Gasteiger charge is -2.26. The predicted octanol–water partition coefficient (Wildman–Crippen LogP) is 15.8. The molecule has 0 aliphatic heterocycles. The molecule has 0 aliphatic rings. The van der Waals surface area contributed by atoms with Gasteiger partial charge in [-0.1, -0.05) is 127 Å². The molecule has 0 radical (unpaired) electrons. The van der Waals surface area contributed by atoms with Crippen LogP contribution in [-0.2, 0) is 0 Å². The van der Waals surface area contributed by atoms with E-state index in [0.717, 1.165) is 61.2 Å². The van der Waals surface area contributed by atoms with Crippen LogP contribution in [0.5, 0.6) is 0 Å². The van der Waals surface area contributed by atoms with Gasteiger partial charge in [-0.05, 0) is 118 Å². The summed E-state index contributed by atoms with van der Waals surface area (Å²) >= 11 is 1.85. The average molecular weight is 763 g/mol. The number of aromatic nitrogens is 1. The molecule has 0 aliphatic carbocycles. The smallest absolute Gasteiger partial charge is 0.125 e. The Morgan fingerprint density at radius 1 is 0.379 bits per heavy atom. The minimum Gasteiger partial charge on any atom is -0.310 e. The van der Waals surface area contributed by atoms with Crippen LogP contribution in [0.25, 0.3) is 81.0 Å². The summed E-state index contributed by atoms with van der Waals surface area (Å²) in [7, 11) is 0. The van der Waals surface area contributed by atoms with Gasteiger partial charge in [0.2, 0.25) is 0 Å². The van der Waals surface area contributed by atoms with Crippen molar-refractivity contribution in [2.75, 3.05) is 4.90 Å². The lowest BCUT2D eigenvalue weighted by atomic mass is 9.99. The van der Waals surface area contributed by atoms with Crippen molar-refractivity contribution in [3.8, 4) is 39.1 Å². The van der Waals surface area contributed by atoms with Crippen molar-refractivity contribution in [3.63, 3.8) is 0 Å². The Morgan fingerprint density at radius 3 is 1.79 bits per heavy atom. The minimum atomic E-state index is -0.245. The fourth-order valence-electron chi connectivity index (χ4n) is 8.56. The fraction of sp³-hybridized carbons (Fsp3) is 0. The predicted molar refractivity (Wildman–Crippen MR) is 245 cm³/mol. The van der Waals surface area contributed by atoms with Crippen LogP contribution in [0.2, 0.25) is 0 Å². The molecule has 0 fully saturated rings. The van der Waals surface area contributed by atoms with Gasteiger partial charge < -0.3 is 9.47 Å². The van der Waals surface area contributed by atoms with Gasteiger partial charge in [-0.15, -0.1) is 11.3 Å². The maximum absolute atomic E-state index is 14.6. The third-order valence-electron chi connectivity index (χ3n) is 11.2. The van der Waals surface area contributed by atoms with Crippen molar-refractivity contribution in [3.05, 3.63) is 218 Å². The maximum Gasteiger partial charge on any atom is 0.125 e. The van der Waals surface area contributed by atoms with Crippen LogP contribution in [0, 0.1) is 5.82 Å². The number of hydrogen-bond acceptors (Lipinski definition) is 2. The van der Waals surface area contributed by atoms with Gasteiger partial charge in [0.05, 0.1) is 11.0 Å². The fourth-order valence-corrected chi connectivity index (χ4v) is 9.69. The number of para-hydroxylation sites is 1. The van der Waals surface area contributed by atoms with Crippen LogP contribution in [-0.4, -0.2) is 4.57 Å². The summed E-state index contributed by atoms with van der Waals surface area (Å²) < 4.78 is 19.4. The number of anilines is 3. The number of fused-ring (bicyclic) bond motifs is 6. The topological polar surface area (TPSA) is 8.17 Å². The van der Waals surface area contributed by atoms with E-state index in [1.54, 1.807) is 12.1 Å². The molecule has 0 unspecified atom stereocenters. The molecule has 2 aromatic heterocycles. The van der Waals surface area contributed by atoms with Crippen LogP contribution < -0.4 is 4.90 Å². The normalized spacial score (nSPS) is 11.5. The van der Waals surface area contributed by atoms with Crippen LogP contribution in [0.4, 0.5) is 21.5 Å². The molecule has 2 heterocycles. The number of thiophene rings is 1. The molecule has 4 heteroatoms. The Bertz CT molecular complexity index is 3290. The number of rotatable bonds is 7. The first-order valence-corrected chi connectivity index (χ1v) is 20.3. The molecule has 274 valence electrons. The molecule has 2 nitrogen and oxygen atoms in total. The van der Waals surface area contributed by atoms with Crippen molar-refractivity contribution < 1.29 is 4.39 Å². The molecule has 9 aromatic carbocycles. The molecule has 11 rings (SSSR count). The first-order valence-electron chi connectivity index (χ1n) is 19.5. The third-order valence-corrected chi connectivity index (χ3v) is 12.4. The average Bonchev–Trinajstić information content (AvgIpc) is 3.83. The highest BCUT2D eigenvalue weighted by Crippen LogP contribution is 2.42. The van der Waals surface area contributed by atoms with Crippen molar-refractivity contribution in [1.29, 1.82) is 0 Å². The second-order valence-corrected chi connectivity index (χ2v) is 15.8. The molecular weight excluding hydrogens is 728 g/mol. The molecule has 0 spiro atoms. The summed E-state index contributed by atoms with van der Waals surface area (Å²) in [6, 6.07) is 74.3. The Morgan fingerprint density at radius 2 is 0.983 bits per heavy atom. The number of nitrogens with zero attached hydrogens (tertiary/aromatic N) is 2. The third kappa shape index (κ3) is 5.85. The summed E-state index contributed by atoms with van der Waals surface area (Å²) in [5.41, 5.74) is 13.1. The van der Waals surface area contributed by atoms with Gasteiger partial charge in [-0.3, -0.25) is 0 Å². The maximum atomic E-state index is 14.6. The van der Waals surface area contributed by atoms with E-state index in [1.165, 1.54) is 36.9 Å². The molecular formula is C54H35FN2S. The number of benzene rings is 9. The highest BCUT2D eigenvalue weighted by Gasteiger charge is 2.17. The van der Waals surface area contributed by atoms with Crippen molar-refractivity contribution >= 4 is 70.4 Å². The van der Waals surface area contributed by atoms with Crippen LogP contribution in [0.15, 0.2) is 212 Å². The first-order chi connectivity index (χ1) is 28.7. The summed E-state index contributed by atoms with van der Waals surface area (Å²) in [4.78, 5) is 2.34. The zero-order valence-electron chi connectivity index (χ0n) is 31.4. The quantitative estimate of drug-likeness (QED) is 0.157. The molecule has 0 saturated carbocycles.